The van der Waals surface area contributed by atoms with Crippen molar-refractivity contribution in [2.45, 2.75) is 36.9 Å². The number of imidazole rings is 1. The van der Waals surface area contributed by atoms with Crippen LogP contribution in [0.15, 0.2) is 36.9 Å². The molecule has 2 amide bonds. The largest absolute Gasteiger partial charge is 0.497 e. The number of carbonyl (C=O) groups is 2. The topological polar surface area (TPSA) is 164 Å². The second kappa shape index (κ2) is 12.2. The molecule has 0 radical (unpaired) electrons. The highest BCUT2D eigenvalue weighted by Gasteiger charge is 2.46. The molecule has 1 aromatic carbocycles. The first-order valence-electron chi connectivity index (χ1n) is 11.8. The Hall–Kier alpha value is -3.08. The van der Waals surface area contributed by atoms with E-state index < -0.39 is 43.0 Å². The van der Waals surface area contributed by atoms with Gasteiger partial charge in [0, 0.05) is 20.5 Å². The Morgan fingerprint density at radius 3 is 2.61 bits per heavy atom. The number of carbonyl (C=O) groups excluding carboxylic acids is 2. The molecule has 14 heteroatoms. The number of aliphatic hydroxyl groups is 2. The Bertz CT molecular complexity index is 1270. The lowest BCUT2D eigenvalue weighted by Gasteiger charge is -2.25. The quantitative estimate of drug-likeness (QED) is 0.173. The van der Waals surface area contributed by atoms with Crippen molar-refractivity contribution in [1.82, 2.24) is 30.2 Å². The maximum Gasteiger partial charge on any atom is 0.243 e. The minimum atomic E-state index is -1.24. The SMILES string of the molecule is COc1ccc(CC(NC(=O)CI)C(=O)NC2C(CO)OC(n3cnc4c(N(C)C)ncnc43)C2O)cc1. The summed E-state index contributed by atoms with van der Waals surface area (Å²) in [4.78, 5) is 40.3. The van der Waals surface area contributed by atoms with Crippen molar-refractivity contribution in [3.05, 3.63) is 42.5 Å². The van der Waals surface area contributed by atoms with Crippen LogP contribution in [-0.2, 0) is 20.7 Å². The van der Waals surface area contributed by atoms with Gasteiger partial charge < -0.3 is 35.2 Å². The smallest absolute Gasteiger partial charge is 0.243 e. The van der Waals surface area contributed by atoms with Gasteiger partial charge in [-0.2, -0.15) is 0 Å². The molecule has 4 N–H and O–H groups in total. The van der Waals surface area contributed by atoms with E-state index in [4.69, 9.17) is 9.47 Å². The normalized spacial score (nSPS) is 21.7. The third-order valence-electron chi connectivity index (χ3n) is 6.27. The summed E-state index contributed by atoms with van der Waals surface area (Å²) in [5.74, 6) is 0.445. The molecule has 204 valence electrons. The van der Waals surface area contributed by atoms with Crippen LogP contribution < -0.4 is 20.3 Å². The van der Waals surface area contributed by atoms with Crippen molar-refractivity contribution in [3.8, 4) is 5.75 Å². The summed E-state index contributed by atoms with van der Waals surface area (Å²) in [5.41, 5.74) is 1.76. The van der Waals surface area contributed by atoms with E-state index in [2.05, 4.69) is 25.6 Å². The van der Waals surface area contributed by atoms with Crippen LogP contribution in [0, 0.1) is 0 Å². The zero-order valence-electron chi connectivity index (χ0n) is 21.1. The minimum absolute atomic E-state index is 0.172. The van der Waals surface area contributed by atoms with Crippen molar-refractivity contribution in [1.29, 1.82) is 0 Å². The van der Waals surface area contributed by atoms with Crippen LogP contribution in [-0.4, -0.2) is 98.1 Å². The Morgan fingerprint density at radius 2 is 1.97 bits per heavy atom. The molecule has 3 aromatic rings. The van der Waals surface area contributed by atoms with Crippen LogP contribution in [0.25, 0.3) is 11.2 Å². The number of nitrogens with zero attached hydrogens (tertiary/aromatic N) is 5. The van der Waals surface area contributed by atoms with Gasteiger partial charge in [0.2, 0.25) is 11.8 Å². The first kappa shape index (κ1) is 27.9. The molecule has 38 heavy (non-hydrogen) atoms. The predicted molar refractivity (Wildman–Crippen MR) is 146 cm³/mol. The summed E-state index contributed by atoms with van der Waals surface area (Å²) in [6, 6.07) is 5.28. The summed E-state index contributed by atoms with van der Waals surface area (Å²) >= 11 is 1.92. The summed E-state index contributed by atoms with van der Waals surface area (Å²) in [6.45, 7) is -0.452. The van der Waals surface area contributed by atoms with Crippen molar-refractivity contribution < 1.29 is 29.3 Å². The number of nitrogens with one attached hydrogen (secondary N) is 2. The van der Waals surface area contributed by atoms with Crippen molar-refractivity contribution in [3.63, 3.8) is 0 Å². The average Bonchev–Trinajstić information content (AvgIpc) is 3.48. The van der Waals surface area contributed by atoms with Gasteiger partial charge in [-0.1, -0.05) is 34.7 Å². The van der Waals surface area contributed by atoms with Gasteiger partial charge in [-0.05, 0) is 17.7 Å². The maximum atomic E-state index is 13.4. The number of ether oxygens (including phenoxy) is 2. The number of fused-ring (bicyclic) bond motifs is 1. The zero-order chi connectivity index (χ0) is 27.4. The third-order valence-corrected chi connectivity index (χ3v) is 6.97. The lowest BCUT2D eigenvalue weighted by Crippen LogP contribution is -2.55. The number of aliphatic hydroxyl groups excluding tert-OH is 2. The van der Waals surface area contributed by atoms with E-state index in [1.165, 1.54) is 12.7 Å². The van der Waals surface area contributed by atoms with Crippen LogP contribution in [0.5, 0.6) is 5.75 Å². The molecular weight excluding hydrogens is 609 g/mol. The van der Waals surface area contributed by atoms with Gasteiger partial charge in [0.15, 0.2) is 23.2 Å². The molecule has 0 saturated carbocycles. The maximum absolute atomic E-state index is 13.4. The molecule has 5 atom stereocenters. The molecule has 0 aliphatic carbocycles. The molecular formula is C24H30IN7O6. The van der Waals surface area contributed by atoms with E-state index in [1.807, 2.05) is 48.8 Å². The number of methoxy groups -OCH3 is 1. The summed E-state index contributed by atoms with van der Waals surface area (Å²) in [7, 11) is 5.22. The van der Waals surface area contributed by atoms with Crippen LogP contribution in [0.2, 0.25) is 0 Å². The molecule has 0 bridgehead atoms. The van der Waals surface area contributed by atoms with Crippen LogP contribution in [0.3, 0.4) is 0 Å². The van der Waals surface area contributed by atoms with Crippen LogP contribution in [0.1, 0.15) is 11.8 Å². The third kappa shape index (κ3) is 5.82. The first-order chi connectivity index (χ1) is 18.3. The van der Waals surface area contributed by atoms with E-state index in [9.17, 15) is 19.8 Å². The number of anilines is 1. The summed E-state index contributed by atoms with van der Waals surface area (Å²) in [6.07, 6.45) is -0.0465. The molecule has 5 unspecified atom stereocenters. The highest BCUT2D eigenvalue weighted by Crippen LogP contribution is 2.32. The number of hydrogen-bond acceptors (Lipinski definition) is 10. The van der Waals surface area contributed by atoms with Gasteiger partial charge >= 0.3 is 0 Å². The first-order valence-corrected chi connectivity index (χ1v) is 13.4. The van der Waals surface area contributed by atoms with Gasteiger partial charge in [-0.3, -0.25) is 14.2 Å². The highest BCUT2D eigenvalue weighted by atomic mass is 127. The molecule has 4 rings (SSSR count). The second-order valence-corrected chi connectivity index (χ2v) is 9.76. The van der Waals surface area contributed by atoms with E-state index in [1.54, 1.807) is 28.7 Å². The predicted octanol–water partition coefficient (Wildman–Crippen LogP) is -0.201. The average molecular weight is 639 g/mol. The fourth-order valence-corrected chi connectivity index (χ4v) is 4.58. The molecule has 1 saturated heterocycles. The zero-order valence-corrected chi connectivity index (χ0v) is 23.3. The molecule has 13 nitrogen and oxygen atoms in total. The lowest BCUT2D eigenvalue weighted by molar-refractivity contribution is -0.129. The number of hydrogen-bond donors (Lipinski definition) is 4. The van der Waals surface area contributed by atoms with Gasteiger partial charge in [0.1, 0.15) is 30.3 Å². The molecule has 2 aromatic heterocycles. The number of rotatable bonds is 10. The Balaban J connectivity index is 1.55. The molecule has 3 heterocycles. The minimum Gasteiger partial charge on any atom is -0.497 e. The Kier molecular flexibility index (Phi) is 8.96. The van der Waals surface area contributed by atoms with Crippen LogP contribution >= 0.6 is 22.6 Å². The molecule has 1 aliphatic rings. The number of aromatic nitrogens is 4. The van der Waals surface area contributed by atoms with Crippen molar-refractivity contribution in [2.75, 3.05) is 37.1 Å². The van der Waals surface area contributed by atoms with E-state index in [0.29, 0.717) is 22.7 Å². The number of alkyl halides is 1. The van der Waals surface area contributed by atoms with Gasteiger partial charge in [-0.25, -0.2) is 15.0 Å². The van der Waals surface area contributed by atoms with Gasteiger partial charge in [0.25, 0.3) is 0 Å². The fraction of sp³-hybridized carbons (Fsp3) is 0.458. The second-order valence-electron chi connectivity index (χ2n) is 8.99. The highest BCUT2D eigenvalue weighted by molar-refractivity contribution is 14.1. The van der Waals surface area contributed by atoms with Crippen molar-refractivity contribution in [2.24, 2.45) is 0 Å². The molecule has 1 aliphatic heterocycles. The van der Waals surface area contributed by atoms with Crippen LogP contribution in [0.4, 0.5) is 5.82 Å². The summed E-state index contributed by atoms with van der Waals surface area (Å²) < 4.78 is 12.9. The Labute approximate surface area is 232 Å². The van der Waals surface area contributed by atoms with E-state index in [0.717, 1.165) is 5.56 Å². The molecule has 1 fully saturated rings. The number of amides is 2. The summed E-state index contributed by atoms with van der Waals surface area (Å²) in [5, 5.41) is 26.7. The van der Waals surface area contributed by atoms with Gasteiger partial charge in [-0.15, -0.1) is 0 Å². The number of benzene rings is 1. The fourth-order valence-electron chi connectivity index (χ4n) is 4.36. The van der Waals surface area contributed by atoms with Gasteiger partial charge in [0.05, 0.1) is 30.5 Å². The Morgan fingerprint density at radius 1 is 1.24 bits per heavy atom. The number of halogens is 1. The van der Waals surface area contributed by atoms with E-state index in [-0.39, 0.29) is 16.8 Å². The van der Waals surface area contributed by atoms with Crippen molar-refractivity contribution >= 4 is 51.4 Å². The molecule has 0 spiro atoms. The lowest BCUT2D eigenvalue weighted by atomic mass is 10.0. The van der Waals surface area contributed by atoms with E-state index >= 15 is 0 Å². The monoisotopic (exact) mass is 639 g/mol. The standard InChI is InChI=1S/C24H30IN7O6/c1-31(2)21-19-22(27-11-26-21)32(12-28-19)24-20(35)18(16(10-33)38-24)30-23(36)15(29-17(34)9-25)8-13-4-6-14(37-3)7-5-13/h4-7,11-12,15-16,18,20,24,33,35H,8-10H2,1-3H3,(H,29,34)(H,30,36).